The summed E-state index contributed by atoms with van der Waals surface area (Å²) in [5, 5.41) is 12.9. The molecule has 3 rings (SSSR count). The summed E-state index contributed by atoms with van der Waals surface area (Å²) in [5.41, 5.74) is 0. The van der Waals surface area contributed by atoms with E-state index in [0.29, 0.717) is 29.1 Å². The maximum Gasteiger partial charge on any atom is 0.240 e. The van der Waals surface area contributed by atoms with Gasteiger partial charge in [0.1, 0.15) is 23.5 Å². The van der Waals surface area contributed by atoms with E-state index in [9.17, 15) is 4.79 Å². The number of rotatable bonds is 8. The maximum atomic E-state index is 12.1. The van der Waals surface area contributed by atoms with Gasteiger partial charge in [0.05, 0.1) is 6.54 Å². The van der Waals surface area contributed by atoms with Crippen LogP contribution in [0.15, 0.2) is 24.3 Å². The second kappa shape index (κ2) is 9.27. The minimum absolute atomic E-state index is 0.0180. The third kappa shape index (κ3) is 5.63. The lowest BCUT2D eigenvalue weighted by atomic mass is 10.2. The predicted octanol–water partition coefficient (Wildman–Crippen LogP) is 2.99. The summed E-state index contributed by atoms with van der Waals surface area (Å²) in [6.45, 7) is 2.07. The molecule has 0 aliphatic carbocycles. The average Bonchev–Trinajstić information content (AvgIpc) is 3.26. The van der Waals surface area contributed by atoms with Crippen molar-refractivity contribution in [2.24, 2.45) is 0 Å². The van der Waals surface area contributed by atoms with E-state index in [1.807, 2.05) is 24.1 Å². The third-order valence-electron chi connectivity index (χ3n) is 3.84. The van der Waals surface area contributed by atoms with E-state index < -0.39 is 0 Å². The number of benzene rings is 1. The topological polar surface area (TPSA) is 76.6 Å². The number of carbonyl (C=O) groups is 1. The quantitative estimate of drug-likeness (QED) is 0.739. The number of likely N-dealkylation sites (N-methyl/N-ethyl adjacent to an activating group) is 1. The SMILES string of the molecule is CN(CCOc1cccc(Cl)c1)CC(=O)Nc1nnc(C2CCCO2)s1. The van der Waals surface area contributed by atoms with E-state index in [0.717, 1.165) is 24.5 Å². The molecule has 1 amide bonds. The summed E-state index contributed by atoms with van der Waals surface area (Å²) in [5.74, 6) is 0.580. The van der Waals surface area contributed by atoms with Crippen LogP contribution < -0.4 is 10.1 Å². The van der Waals surface area contributed by atoms with E-state index in [2.05, 4.69) is 15.5 Å². The lowest BCUT2D eigenvalue weighted by Crippen LogP contribution is -2.33. The zero-order chi connectivity index (χ0) is 18.4. The second-order valence-corrected chi connectivity index (χ2v) is 7.48. The van der Waals surface area contributed by atoms with Crippen LogP contribution in [-0.2, 0) is 9.53 Å². The minimum Gasteiger partial charge on any atom is -0.492 e. The molecular formula is C17H21ClN4O3S. The fourth-order valence-electron chi connectivity index (χ4n) is 2.55. The number of hydrogen-bond donors (Lipinski definition) is 1. The summed E-state index contributed by atoms with van der Waals surface area (Å²) in [6.07, 6.45) is 2.01. The fraction of sp³-hybridized carbons (Fsp3) is 0.471. The van der Waals surface area contributed by atoms with Crippen LogP contribution in [-0.4, -0.2) is 54.4 Å². The number of anilines is 1. The van der Waals surface area contributed by atoms with Gasteiger partial charge < -0.3 is 9.47 Å². The van der Waals surface area contributed by atoms with Gasteiger partial charge >= 0.3 is 0 Å². The molecule has 1 saturated heterocycles. The van der Waals surface area contributed by atoms with Crippen LogP contribution in [0.3, 0.4) is 0 Å². The van der Waals surface area contributed by atoms with Crippen molar-refractivity contribution in [3.8, 4) is 5.75 Å². The molecule has 1 aromatic heterocycles. The first-order chi connectivity index (χ1) is 12.6. The van der Waals surface area contributed by atoms with E-state index in [4.69, 9.17) is 21.1 Å². The zero-order valence-corrected chi connectivity index (χ0v) is 16.1. The van der Waals surface area contributed by atoms with Gasteiger partial charge in [-0.1, -0.05) is 29.0 Å². The Morgan fingerprint density at radius 1 is 1.50 bits per heavy atom. The van der Waals surface area contributed by atoms with Gasteiger partial charge in [-0.3, -0.25) is 15.0 Å². The first-order valence-corrected chi connectivity index (χ1v) is 9.61. The largest absolute Gasteiger partial charge is 0.492 e. The van der Waals surface area contributed by atoms with Crippen LogP contribution >= 0.6 is 22.9 Å². The molecule has 1 aliphatic heterocycles. The zero-order valence-electron chi connectivity index (χ0n) is 14.5. The highest BCUT2D eigenvalue weighted by Gasteiger charge is 2.22. The van der Waals surface area contributed by atoms with Crippen LogP contribution in [0.1, 0.15) is 24.0 Å². The Hall–Kier alpha value is -1.74. The fourth-order valence-corrected chi connectivity index (χ4v) is 3.57. The Kier molecular flexibility index (Phi) is 6.79. The van der Waals surface area contributed by atoms with Gasteiger partial charge in [0.15, 0.2) is 0 Å². The molecule has 1 fully saturated rings. The molecule has 0 saturated carbocycles. The first kappa shape index (κ1) is 19.0. The number of hydrogen-bond acceptors (Lipinski definition) is 7. The molecule has 1 aromatic carbocycles. The van der Waals surface area contributed by atoms with Crippen molar-refractivity contribution in [1.82, 2.24) is 15.1 Å². The van der Waals surface area contributed by atoms with Gasteiger partial charge in [0.25, 0.3) is 0 Å². The molecule has 140 valence electrons. The Morgan fingerprint density at radius 2 is 2.38 bits per heavy atom. The van der Waals surface area contributed by atoms with Gasteiger partial charge in [-0.25, -0.2) is 0 Å². The number of ether oxygens (including phenoxy) is 2. The monoisotopic (exact) mass is 396 g/mol. The highest BCUT2D eigenvalue weighted by atomic mass is 35.5. The number of carbonyl (C=O) groups excluding carboxylic acids is 1. The molecular weight excluding hydrogens is 376 g/mol. The van der Waals surface area contributed by atoms with Gasteiger partial charge in [-0.05, 0) is 38.1 Å². The van der Waals surface area contributed by atoms with Crippen molar-refractivity contribution in [2.45, 2.75) is 18.9 Å². The van der Waals surface area contributed by atoms with Gasteiger partial charge in [0.2, 0.25) is 11.0 Å². The summed E-state index contributed by atoms with van der Waals surface area (Å²) < 4.78 is 11.2. The number of nitrogens with zero attached hydrogens (tertiary/aromatic N) is 3. The van der Waals surface area contributed by atoms with E-state index >= 15 is 0 Å². The number of halogens is 1. The van der Waals surface area contributed by atoms with Crippen LogP contribution in [0.25, 0.3) is 0 Å². The molecule has 1 unspecified atom stereocenters. The van der Waals surface area contributed by atoms with Crippen molar-refractivity contribution in [3.63, 3.8) is 0 Å². The lowest BCUT2D eigenvalue weighted by Gasteiger charge is -2.16. The molecule has 1 aliphatic rings. The van der Waals surface area contributed by atoms with Crippen LogP contribution in [0.5, 0.6) is 5.75 Å². The van der Waals surface area contributed by atoms with Crippen LogP contribution in [0.4, 0.5) is 5.13 Å². The van der Waals surface area contributed by atoms with Crippen LogP contribution in [0, 0.1) is 0 Å². The normalized spacial score (nSPS) is 16.8. The van der Waals surface area contributed by atoms with E-state index in [1.54, 1.807) is 12.1 Å². The third-order valence-corrected chi connectivity index (χ3v) is 5.01. The predicted molar refractivity (Wildman–Crippen MR) is 101 cm³/mol. The first-order valence-electron chi connectivity index (χ1n) is 8.42. The average molecular weight is 397 g/mol. The molecule has 2 aromatic rings. The van der Waals surface area contributed by atoms with Crippen molar-refractivity contribution >= 4 is 34.0 Å². The highest BCUT2D eigenvalue weighted by Crippen LogP contribution is 2.31. The molecule has 1 N–H and O–H groups in total. The second-order valence-electron chi connectivity index (χ2n) is 6.04. The highest BCUT2D eigenvalue weighted by molar-refractivity contribution is 7.15. The van der Waals surface area contributed by atoms with E-state index in [1.165, 1.54) is 11.3 Å². The molecule has 0 radical (unpaired) electrons. The summed E-state index contributed by atoms with van der Waals surface area (Å²) in [7, 11) is 1.86. The van der Waals surface area contributed by atoms with Gasteiger partial charge in [-0.15, -0.1) is 10.2 Å². The molecule has 1 atom stereocenters. The summed E-state index contributed by atoms with van der Waals surface area (Å²) >= 11 is 7.28. The molecule has 9 heteroatoms. The van der Waals surface area contributed by atoms with Gasteiger partial charge in [0, 0.05) is 18.2 Å². The number of nitrogens with one attached hydrogen (secondary N) is 1. The summed E-state index contributed by atoms with van der Waals surface area (Å²) in [6, 6.07) is 7.24. The van der Waals surface area contributed by atoms with Crippen molar-refractivity contribution in [2.75, 3.05) is 38.7 Å². The molecule has 0 bridgehead atoms. The molecule has 0 spiro atoms. The summed E-state index contributed by atoms with van der Waals surface area (Å²) in [4.78, 5) is 14.0. The Labute approximate surface area is 161 Å². The molecule has 26 heavy (non-hydrogen) atoms. The Bertz CT molecular complexity index is 736. The molecule has 2 heterocycles. The van der Waals surface area contributed by atoms with Crippen molar-refractivity contribution < 1.29 is 14.3 Å². The molecule has 7 nitrogen and oxygen atoms in total. The minimum atomic E-state index is -0.134. The van der Waals surface area contributed by atoms with E-state index in [-0.39, 0.29) is 18.6 Å². The number of amides is 1. The standard InChI is InChI=1S/C17H21ClN4O3S/c1-22(7-9-24-13-5-2-4-12(18)10-13)11-15(23)19-17-21-20-16(26-17)14-6-3-8-25-14/h2,4-5,10,14H,3,6-9,11H2,1H3,(H,19,21,23). The Morgan fingerprint density at radius 3 is 3.15 bits per heavy atom. The van der Waals surface area contributed by atoms with Crippen LogP contribution in [0.2, 0.25) is 5.02 Å². The lowest BCUT2D eigenvalue weighted by molar-refractivity contribution is -0.117. The number of aromatic nitrogens is 2. The maximum absolute atomic E-state index is 12.1. The van der Waals surface area contributed by atoms with Crippen molar-refractivity contribution in [1.29, 1.82) is 0 Å². The van der Waals surface area contributed by atoms with Crippen molar-refractivity contribution in [3.05, 3.63) is 34.3 Å². The smallest absolute Gasteiger partial charge is 0.240 e. The van der Waals surface area contributed by atoms with Gasteiger partial charge in [-0.2, -0.15) is 0 Å². The Balaban J connectivity index is 1.38.